The zero-order valence-electron chi connectivity index (χ0n) is 11.7. The lowest BCUT2D eigenvalue weighted by atomic mass is 10.2. The molecule has 0 aromatic carbocycles. The second kappa shape index (κ2) is 6.82. The Labute approximate surface area is 110 Å². The zero-order chi connectivity index (χ0) is 13.0. The third-order valence-corrected chi connectivity index (χ3v) is 3.80. The Bertz CT molecular complexity index is 252. The van der Waals surface area contributed by atoms with Crippen LogP contribution in [0.1, 0.15) is 13.8 Å². The molecule has 3 atom stereocenters. The number of hydrogen-bond acceptors (Lipinski definition) is 5. The minimum Gasteiger partial charge on any atom is -0.374 e. The lowest BCUT2D eigenvalue weighted by Crippen LogP contribution is -2.54. The van der Waals surface area contributed by atoms with Gasteiger partial charge in [0.15, 0.2) is 0 Å². The molecule has 2 N–H and O–H groups in total. The van der Waals surface area contributed by atoms with E-state index in [9.17, 15) is 0 Å². The Kier molecular flexibility index (Phi) is 5.38. The van der Waals surface area contributed by atoms with E-state index in [-0.39, 0.29) is 12.2 Å². The Morgan fingerprint density at radius 1 is 1.17 bits per heavy atom. The Morgan fingerprint density at radius 3 is 2.67 bits per heavy atom. The normalized spacial score (nSPS) is 35.8. The van der Waals surface area contributed by atoms with Crippen molar-refractivity contribution in [1.82, 2.24) is 9.80 Å². The van der Waals surface area contributed by atoms with Gasteiger partial charge in [-0.2, -0.15) is 0 Å². The molecule has 5 nitrogen and oxygen atoms in total. The van der Waals surface area contributed by atoms with Crippen molar-refractivity contribution in [2.45, 2.75) is 32.2 Å². The van der Waals surface area contributed by atoms with Crippen LogP contribution in [0.25, 0.3) is 0 Å². The number of likely N-dealkylation sites (N-methyl/N-ethyl adjacent to an activating group) is 1. The van der Waals surface area contributed by atoms with Gasteiger partial charge in [0.05, 0.1) is 24.9 Å². The predicted octanol–water partition coefficient (Wildman–Crippen LogP) is -0.245. The molecule has 2 fully saturated rings. The maximum absolute atomic E-state index is 5.86. The maximum atomic E-state index is 5.86. The third-order valence-electron chi connectivity index (χ3n) is 3.80. The molecule has 0 saturated carbocycles. The fraction of sp³-hybridized carbons (Fsp3) is 1.00. The molecule has 0 bridgehead atoms. The van der Waals surface area contributed by atoms with Crippen LogP contribution in [0.15, 0.2) is 0 Å². The highest BCUT2D eigenvalue weighted by atomic mass is 16.5. The minimum absolute atomic E-state index is 0.180. The fourth-order valence-electron chi connectivity index (χ4n) is 2.89. The van der Waals surface area contributed by atoms with Crippen molar-refractivity contribution in [3.63, 3.8) is 0 Å². The van der Waals surface area contributed by atoms with Gasteiger partial charge in [0.25, 0.3) is 0 Å². The SMILES string of the molecule is CCN1CCOC(CN2CC(C)OC(CN)C2)C1. The van der Waals surface area contributed by atoms with Gasteiger partial charge in [0.1, 0.15) is 0 Å². The highest BCUT2D eigenvalue weighted by Gasteiger charge is 2.28. The molecule has 0 aromatic heterocycles. The smallest absolute Gasteiger partial charge is 0.0829 e. The summed E-state index contributed by atoms with van der Waals surface area (Å²) in [5, 5.41) is 0. The van der Waals surface area contributed by atoms with Crippen molar-refractivity contribution >= 4 is 0 Å². The van der Waals surface area contributed by atoms with E-state index in [1.54, 1.807) is 0 Å². The Hall–Kier alpha value is -0.200. The first kappa shape index (κ1) is 14.2. The number of rotatable bonds is 4. The monoisotopic (exact) mass is 257 g/mol. The topological polar surface area (TPSA) is 51.0 Å². The van der Waals surface area contributed by atoms with Crippen LogP contribution in [-0.2, 0) is 9.47 Å². The summed E-state index contributed by atoms with van der Waals surface area (Å²) in [5.74, 6) is 0. The van der Waals surface area contributed by atoms with Crippen LogP contribution in [0, 0.1) is 0 Å². The number of nitrogens with two attached hydrogens (primary N) is 1. The molecule has 2 aliphatic rings. The van der Waals surface area contributed by atoms with Crippen LogP contribution in [-0.4, -0.2) is 80.5 Å². The van der Waals surface area contributed by atoms with Gasteiger partial charge in [0.2, 0.25) is 0 Å². The van der Waals surface area contributed by atoms with Crippen LogP contribution >= 0.6 is 0 Å². The number of hydrogen-bond donors (Lipinski definition) is 1. The van der Waals surface area contributed by atoms with Crippen molar-refractivity contribution < 1.29 is 9.47 Å². The van der Waals surface area contributed by atoms with Gasteiger partial charge in [-0.15, -0.1) is 0 Å². The van der Waals surface area contributed by atoms with Crippen molar-refractivity contribution in [2.24, 2.45) is 5.73 Å². The molecule has 0 radical (unpaired) electrons. The molecule has 2 aliphatic heterocycles. The molecule has 0 aliphatic carbocycles. The molecule has 0 amide bonds. The summed E-state index contributed by atoms with van der Waals surface area (Å²) in [6.45, 7) is 12.0. The molecule has 0 aromatic rings. The van der Waals surface area contributed by atoms with Gasteiger partial charge >= 0.3 is 0 Å². The van der Waals surface area contributed by atoms with Gasteiger partial charge in [0, 0.05) is 39.3 Å². The molecular weight excluding hydrogens is 230 g/mol. The highest BCUT2D eigenvalue weighted by Crippen LogP contribution is 2.13. The minimum atomic E-state index is 0.180. The van der Waals surface area contributed by atoms with Crippen molar-refractivity contribution in [1.29, 1.82) is 0 Å². The zero-order valence-corrected chi connectivity index (χ0v) is 11.7. The average Bonchev–Trinajstić information content (AvgIpc) is 2.38. The summed E-state index contributed by atoms with van der Waals surface area (Å²) in [6.07, 6.45) is 0.792. The molecular formula is C13H27N3O2. The number of ether oxygens (including phenoxy) is 2. The van der Waals surface area contributed by atoms with E-state index >= 15 is 0 Å². The summed E-state index contributed by atoms with van der Waals surface area (Å²) in [6, 6.07) is 0. The van der Waals surface area contributed by atoms with E-state index in [1.165, 1.54) is 0 Å². The third kappa shape index (κ3) is 3.90. The van der Waals surface area contributed by atoms with Gasteiger partial charge < -0.3 is 15.2 Å². The number of morpholine rings is 2. The van der Waals surface area contributed by atoms with Gasteiger partial charge in [-0.3, -0.25) is 9.80 Å². The molecule has 0 spiro atoms. The maximum Gasteiger partial charge on any atom is 0.0829 e. The lowest BCUT2D eigenvalue weighted by Gasteiger charge is -2.40. The van der Waals surface area contributed by atoms with E-state index < -0.39 is 0 Å². The molecule has 5 heteroatoms. The summed E-state index contributed by atoms with van der Waals surface area (Å²) >= 11 is 0. The van der Waals surface area contributed by atoms with E-state index in [4.69, 9.17) is 15.2 Å². The first-order valence-electron chi connectivity index (χ1n) is 7.13. The van der Waals surface area contributed by atoms with E-state index in [2.05, 4.69) is 23.6 Å². The summed E-state index contributed by atoms with van der Waals surface area (Å²) in [5.41, 5.74) is 5.71. The van der Waals surface area contributed by atoms with Crippen LogP contribution in [0.2, 0.25) is 0 Å². The molecule has 2 saturated heterocycles. The van der Waals surface area contributed by atoms with Crippen LogP contribution < -0.4 is 5.73 Å². The second-order valence-electron chi connectivity index (χ2n) is 5.41. The summed E-state index contributed by atoms with van der Waals surface area (Å²) in [4.78, 5) is 4.90. The van der Waals surface area contributed by atoms with Gasteiger partial charge in [-0.1, -0.05) is 6.92 Å². The molecule has 3 unspecified atom stereocenters. The second-order valence-corrected chi connectivity index (χ2v) is 5.41. The van der Waals surface area contributed by atoms with Crippen molar-refractivity contribution in [3.8, 4) is 0 Å². The van der Waals surface area contributed by atoms with Crippen LogP contribution in [0.4, 0.5) is 0 Å². The molecule has 2 heterocycles. The average molecular weight is 257 g/mol. The fourth-order valence-corrected chi connectivity index (χ4v) is 2.89. The largest absolute Gasteiger partial charge is 0.374 e. The highest BCUT2D eigenvalue weighted by molar-refractivity contribution is 4.81. The lowest BCUT2D eigenvalue weighted by molar-refractivity contribution is -0.0972. The summed E-state index contributed by atoms with van der Waals surface area (Å²) < 4.78 is 11.6. The van der Waals surface area contributed by atoms with Crippen molar-refractivity contribution in [2.75, 3.05) is 52.4 Å². The van der Waals surface area contributed by atoms with Crippen LogP contribution in [0.3, 0.4) is 0 Å². The van der Waals surface area contributed by atoms with Gasteiger partial charge in [-0.25, -0.2) is 0 Å². The quantitative estimate of drug-likeness (QED) is 0.753. The Morgan fingerprint density at radius 2 is 1.94 bits per heavy atom. The molecule has 2 rings (SSSR count). The van der Waals surface area contributed by atoms with Crippen molar-refractivity contribution in [3.05, 3.63) is 0 Å². The van der Waals surface area contributed by atoms with E-state index in [1.807, 2.05) is 0 Å². The first-order valence-corrected chi connectivity index (χ1v) is 7.13. The predicted molar refractivity (Wildman–Crippen MR) is 71.7 cm³/mol. The first-order chi connectivity index (χ1) is 8.71. The molecule has 106 valence electrons. The van der Waals surface area contributed by atoms with Gasteiger partial charge in [-0.05, 0) is 13.5 Å². The van der Waals surface area contributed by atoms with Crippen LogP contribution in [0.5, 0.6) is 0 Å². The standard InChI is InChI=1S/C13H27N3O2/c1-3-15-4-5-17-13(9-15)10-16-7-11(2)18-12(6-14)8-16/h11-13H,3-10,14H2,1-2H3. The number of nitrogens with zero attached hydrogens (tertiary/aromatic N) is 2. The Balaban J connectivity index is 1.80. The van der Waals surface area contributed by atoms with E-state index in [0.717, 1.165) is 45.9 Å². The summed E-state index contributed by atoms with van der Waals surface area (Å²) in [7, 11) is 0. The molecule has 18 heavy (non-hydrogen) atoms. The van der Waals surface area contributed by atoms with E-state index in [0.29, 0.717) is 12.6 Å².